The number of hydrogen-bond donors (Lipinski definition) is 4. The zero-order chi connectivity index (χ0) is 11.9. The molecule has 1 aromatic heterocycles. The number of aromatic nitrogens is 2. The van der Waals surface area contributed by atoms with Crippen molar-refractivity contribution in [3.8, 4) is 0 Å². The quantitative estimate of drug-likeness (QED) is 0.421. The van der Waals surface area contributed by atoms with Crippen LogP contribution in [0.25, 0.3) is 0 Å². The lowest BCUT2D eigenvalue weighted by atomic mass is 10.1. The van der Waals surface area contributed by atoms with E-state index in [9.17, 15) is 19.8 Å². The number of aliphatic hydroxyl groups is 3. The number of H-pyrrole nitrogens is 1. The van der Waals surface area contributed by atoms with Crippen molar-refractivity contribution in [3.05, 3.63) is 21.0 Å². The van der Waals surface area contributed by atoms with Crippen molar-refractivity contribution in [2.24, 2.45) is 0 Å². The van der Waals surface area contributed by atoms with Gasteiger partial charge < -0.3 is 24.6 Å². The van der Waals surface area contributed by atoms with Crippen molar-refractivity contribution >= 4 is 0 Å². The Hall–Kier alpha value is -1.42. The normalized spacial score (nSPS) is 34.4. The Morgan fingerprint density at radius 1 is 1.31 bits per heavy atom. The standard InChI is InChI=1S/C7H10N2O7/c10-1-2-3(11)4(12)5(15-2)9-6(13)8-7(14)16-9/h2-5,10-12H,1H2,(H,8,13,14)/t2-,3+,4+,5-/m1/s1. The first-order valence-corrected chi connectivity index (χ1v) is 4.49. The largest absolute Gasteiger partial charge is 0.440 e. The monoisotopic (exact) mass is 234 g/mol. The third-order valence-electron chi connectivity index (χ3n) is 2.34. The van der Waals surface area contributed by atoms with Crippen LogP contribution in [-0.4, -0.2) is 50.0 Å². The molecular formula is C7H10N2O7. The van der Waals surface area contributed by atoms with E-state index in [1.54, 1.807) is 4.98 Å². The maximum atomic E-state index is 11.2. The van der Waals surface area contributed by atoms with E-state index in [0.29, 0.717) is 4.74 Å². The van der Waals surface area contributed by atoms with Crippen LogP contribution in [-0.2, 0) is 4.74 Å². The molecule has 9 nitrogen and oxygen atoms in total. The molecule has 0 aromatic carbocycles. The van der Waals surface area contributed by atoms with Gasteiger partial charge in [-0.05, 0) is 0 Å². The molecule has 0 bridgehead atoms. The van der Waals surface area contributed by atoms with Gasteiger partial charge in [-0.3, -0.25) is 0 Å². The number of ether oxygens (including phenoxy) is 1. The molecule has 2 rings (SSSR count). The molecule has 1 aromatic rings. The molecule has 0 unspecified atom stereocenters. The second-order valence-electron chi connectivity index (χ2n) is 3.36. The molecule has 1 saturated heterocycles. The minimum absolute atomic E-state index is 0.478. The molecular weight excluding hydrogens is 224 g/mol. The first-order chi connectivity index (χ1) is 7.54. The number of rotatable bonds is 2. The summed E-state index contributed by atoms with van der Waals surface area (Å²) in [5, 5.41) is 27.7. The van der Waals surface area contributed by atoms with Gasteiger partial charge in [-0.1, -0.05) is 0 Å². The van der Waals surface area contributed by atoms with Crippen LogP contribution < -0.4 is 11.4 Å². The van der Waals surface area contributed by atoms with E-state index in [-0.39, 0.29) is 0 Å². The first-order valence-electron chi connectivity index (χ1n) is 4.49. The molecule has 4 atom stereocenters. The first kappa shape index (κ1) is 11.1. The Kier molecular flexibility index (Phi) is 2.68. The van der Waals surface area contributed by atoms with Gasteiger partial charge in [0.1, 0.15) is 18.3 Å². The maximum absolute atomic E-state index is 11.2. The Balaban J connectivity index is 2.33. The van der Waals surface area contributed by atoms with Crippen LogP contribution in [0.5, 0.6) is 0 Å². The molecule has 1 aliphatic heterocycles. The van der Waals surface area contributed by atoms with E-state index in [4.69, 9.17) is 9.84 Å². The number of aliphatic hydroxyl groups excluding tert-OH is 3. The van der Waals surface area contributed by atoms with Gasteiger partial charge in [0, 0.05) is 0 Å². The molecule has 2 heterocycles. The minimum Gasteiger partial charge on any atom is -0.394 e. The van der Waals surface area contributed by atoms with Gasteiger partial charge in [-0.25, -0.2) is 14.6 Å². The second-order valence-corrected chi connectivity index (χ2v) is 3.36. The summed E-state index contributed by atoms with van der Waals surface area (Å²) >= 11 is 0. The van der Waals surface area contributed by atoms with Crippen molar-refractivity contribution in [2.45, 2.75) is 24.5 Å². The van der Waals surface area contributed by atoms with Crippen LogP contribution in [0.1, 0.15) is 6.23 Å². The summed E-state index contributed by atoms with van der Waals surface area (Å²) in [6.07, 6.45) is -5.19. The van der Waals surface area contributed by atoms with Gasteiger partial charge in [-0.15, -0.1) is 4.74 Å². The molecule has 0 spiro atoms. The predicted molar refractivity (Wildman–Crippen MR) is 46.6 cm³/mol. The fourth-order valence-corrected chi connectivity index (χ4v) is 1.54. The lowest BCUT2D eigenvalue weighted by molar-refractivity contribution is -0.0902. The van der Waals surface area contributed by atoms with Gasteiger partial charge >= 0.3 is 11.4 Å². The van der Waals surface area contributed by atoms with E-state index in [1.807, 2.05) is 0 Å². The smallest absolute Gasteiger partial charge is 0.394 e. The van der Waals surface area contributed by atoms with Crippen molar-refractivity contribution in [3.63, 3.8) is 0 Å². The van der Waals surface area contributed by atoms with Crippen LogP contribution in [0.15, 0.2) is 14.1 Å². The third-order valence-corrected chi connectivity index (χ3v) is 2.34. The van der Waals surface area contributed by atoms with Crippen molar-refractivity contribution < 1.29 is 24.6 Å². The van der Waals surface area contributed by atoms with Gasteiger partial charge in [-0.2, -0.15) is 0 Å². The average Bonchev–Trinajstić information content (AvgIpc) is 2.70. The van der Waals surface area contributed by atoms with Crippen LogP contribution in [0.4, 0.5) is 0 Å². The molecule has 1 aliphatic rings. The second kappa shape index (κ2) is 3.87. The zero-order valence-electron chi connectivity index (χ0n) is 7.94. The predicted octanol–water partition coefficient (Wildman–Crippen LogP) is -3.26. The van der Waals surface area contributed by atoms with Crippen molar-refractivity contribution in [1.29, 1.82) is 0 Å². The summed E-state index contributed by atoms with van der Waals surface area (Å²) in [7, 11) is 0. The van der Waals surface area contributed by atoms with Gasteiger partial charge in [0.2, 0.25) is 0 Å². The molecule has 16 heavy (non-hydrogen) atoms. The summed E-state index contributed by atoms with van der Waals surface area (Å²) < 4.78 is 9.88. The van der Waals surface area contributed by atoms with Crippen LogP contribution in [0.3, 0.4) is 0 Å². The fourth-order valence-electron chi connectivity index (χ4n) is 1.54. The van der Waals surface area contributed by atoms with E-state index >= 15 is 0 Å². The fraction of sp³-hybridized carbons (Fsp3) is 0.714. The summed E-state index contributed by atoms with van der Waals surface area (Å²) in [6, 6.07) is 0. The van der Waals surface area contributed by atoms with Crippen LogP contribution >= 0.6 is 0 Å². The van der Waals surface area contributed by atoms with Gasteiger partial charge in [0.15, 0.2) is 6.23 Å². The van der Waals surface area contributed by atoms with Gasteiger partial charge in [0.05, 0.1) is 6.61 Å². The molecule has 90 valence electrons. The summed E-state index contributed by atoms with van der Waals surface area (Å²) in [6.45, 7) is -0.530. The highest BCUT2D eigenvalue weighted by atomic mass is 16.6. The Bertz CT molecular complexity index is 474. The van der Waals surface area contributed by atoms with E-state index in [0.717, 1.165) is 0 Å². The highest BCUT2D eigenvalue weighted by Crippen LogP contribution is 2.27. The summed E-state index contributed by atoms with van der Waals surface area (Å²) in [5.74, 6) is -0.997. The molecule has 4 N–H and O–H groups in total. The lowest BCUT2D eigenvalue weighted by Crippen LogP contribution is -2.34. The zero-order valence-corrected chi connectivity index (χ0v) is 7.94. The molecule has 0 aliphatic carbocycles. The Morgan fingerprint density at radius 2 is 2.00 bits per heavy atom. The SMILES string of the molecule is O=c1[nH]c(=O)n([C@@H]2O[C@H](CO)[C@H](O)[C@@H]2O)o1. The van der Waals surface area contributed by atoms with E-state index < -0.39 is 42.6 Å². The molecule has 1 fully saturated rings. The third kappa shape index (κ3) is 1.59. The number of hydrogen-bond acceptors (Lipinski definition) is 7. The highest BCUT2D eigenvalue weighted by molar-refractivity contribution is 4.87. The van der Waals surface area contributed by atoms with Crippen LogP contribution in [0, 0.1) is 0 Å². The molecule has 0 radical (unpaired) electrons. The molecule has 9 heteroatoms. The topological polar surface area (TPSA) is 138 Å². The van der Waals surface area contributed by atoms with Crippen LogP contribution in [0.2, 0.25) is 0 Å². The average molecular weight is 234 g/mol. The van der Waals surface area contributed by atoms with E-state index in [2.05, 4.69) is 4.52 Å². The van der Waals surface area contributed by atoms with Gasteiger partial charge in [0.25, 0.3) is 0 Å². The number of aromatic amines is 1. The summed E-state index contributed by atoms with van der Waals surface area (Å²) in [4.78, 5) is 23.7. The van der Waals surface area contributed by atoms with Crippen molar-refractivity contribution in [1.82, 2.24) is 9.72 Å². The summed E-state index contributed by atoms with van der Waals surface area (Å²) in [5.41, 5.74) is -0.903. The molecule has 0 saturated carbocycles. The number of nitrogens with zero attached hydrogens (tertiary/aromatic N) is 1. The number of nitrogens with one attached hydrogen (secondary N) is 1. The maximum Gasteiger partial charge on any atom is 0.440 e. The Morgan fingerprint density at radius 3 is 2.44 bits per heavy atom. The van der Waals surface area contributed by atoms with E-state index in [1.165, 1.54) is 0 Å². The van der Waals surface area contributed by atoms with Crippen molar-refractivity contribution in [2.75, 3.05) is 6.61 Å². The minimum atomic E-state index is -1.46. The Labute approximate surface area is 87.5 Å². The highest BCUT2D eigenvalue weighted by Gasteiger charge is 2.45. The molecule has 0 amide bonds. The lowest BCUT2D eigenvalue weighted by Gasteiger charge is -2.11.